The average Bonchev–Trinajstić information content (AvgIpc) is 2.80. The molecule has 1 amide bonds. The third-order valence-corrected chi connectivity index (χ3v) is 4.28. The van der Waals surface area contributed by atoms with Gasteiger partial charge in [-0.05, 0) is 17.7 Å². The van der Waals surface area contributed by atoms with E-state index in [4.69, 9.17) is 5.73 Å². The Bertz CT molecular complexity index is 638. The number of carbonyl (C=O) groups is 1. The molecule has 1 aromatic carbocycles. The van der Waals surface area contributed by atoms with E-state index in [1.165, 1.54) is 23.5 Å². The summed E-state index contributed by atoms with van der Waals surface area (Å²) >= 11 is 1.44. The van der Waals surface area contributed by atoms with Gasteiger partial charge in [0.2, 0.25) is 5.91 Å². The molecular weight excluding hydrogens is 277 g/mol. The molecule has 1 aromatic heterocycles. The molecular formula is C14H14FN3OS. The molecule has 2 N–H and O–H groups in total. The van der Waals surface area contributed by atoms with Gasteiger partial charge < -0.3 is 10.6 Å². The number of carbonyl (C=O) groups excluding carboxylic acids is 1. The van der Waals surface area contributed by atoms with Crippen molar-refractivity contribution in [2.75, 3.05) is 12.3 Å². The third kappa shape index (κ3) is 2.65. The fourth-order valence-electron chi connectivity index (χ4n) is 2.32. The number of nitrogen functional groups attached to an aromatic ring is 1. The summed E-state index contributed by atoms with van der Waals surface area (Å²) in [4.78, 5) is 19.4. The number of halogens is 1. The summed E-state index contributed by atoms with van der Waals surface area (Å²) in [6.07, 6.45) is 1.04. The van der Waals surface area contributed by atoms with Crippen LogP contribution in [0.2, 0.25) is 0 Å². The molecule has 0 aliphatic carbocycles. The molecule has 0 fully saturated rings. The zero-order valence-corrected chi connectivity index (χ0v) is 11.6. The normalized spacial score (nSPS) is 14.2. The van der Waals surface area contributed by atoms with Gasteiger partial charge in [0.05, 0.1) is 18.7 Å². The molecule has 6 heteroatoms. The van der Waals surface area contributed by atoms with E-state index in [0.717, 1.165) is 22.6 Å². The summed E-state index contributed by atoms with van der Waals surface area (Å²) < 4.78 is 12.8. The van der Waals surface area contributed by atoms with E-state index in [-0.39, 0.29) is 11.7 Å². The molecule has 0 bridgehead atoms. The molecule has 0 unspecified atom stereocenters. The van der Waals surface area contributed by atoms with Crippen LogP contribution in [0.1, 0.15) is 16.1 Å². The SMILES string of the molecule is Nc1nc2c(s1)CN(C(=O)Cc1ccc(F)cc1)CC2. The lowest BCUT2D eigenvalue weighted by atomic mass is 10.1. The van der Waals surface area contributed by atoms with Gasteiger partial charge in [0.25, 0.3) is 0 Å². The molecule has 1 aliphatic rings. The first-order chi connectivity index (χ1) is 9.61. The molecule has 4 nitrogen and oxygen atoms in total. The van der Waals surface area contributed by atoms with E-state index >= 15 is 0 Å². The first-order valence-corrected chi connectivity index (χ1v) is 7.20. The molecule has 2 heterocycles. The third-order valence-electron chi connectivity index (χ3n) is 3.37. The number of amides is 1. The maximum Gasteiger partial charge on any atom is 0.227 e. The lowest BCUT2D eigenvalue weighted by molar-refractivity contribution is -0.131. The number of aromatic nitrogens is 1. The highest BCUT2D eigenvalue weighted by molar-refractivity contribution is 7.15. The smallest absolute Gasteiger partial charge is 0.227 e. The number of nitrogens with two attached hydrogens (primary N) is 1. The van der Waals surface area contributed by atoms with Crippen molar-refractivity contribution in [1.82, 2.24) is 9.88 Å². The molecule has 0 radical (unpaired) electrons. The highest BCUT2D eigenvalue weighted by Crippen LogP contribution is 2.26. The second kappa shape index (κ2) is 5.20. The zero-order chi connectivity index (χ0) is 14.1. The molecule has 0 saturated carbocycles. The number of rotatable bonds is 2. The summed E-state index contributed by atoms with van der Waals surface area (Å²) in [6, 6.07) is 6.04. The summed E-state index contributed by atoms with van der Waals surface area (Å²) in [5.41, 5.74) is 7.52. The van der Waals surface area contributed by atoms with Crippen LogP contribution in [0.15, 0.2) is 24.3 Å². The van der Waals surface area contributed by atoms with Crippen molar-refractivity contribution in [3.05, 3.63) is 46.2 Å². The number of fused-ring (bicyclic) bond motifs is 1. The van der Waals surface area contributed by atoms with Crippen LogP contribution in [0.3, 0.4) is 0 Å². The van der Waals surface area contributed by atoms with Gasteiger partial charge in [-0.25, -0.2) is 9.37 Å². The topological polar surface area (TPSA) is 59.2 Å². The summed E-state index contributed by atoms with van der Waals surface area (Å²) in [7, 11) is 0. The molecule has 0 saturated heterocycles. The van der Waals surface area contributed by atoms with Gasteiger partial charge in [-0.3, -0.25) is 4.79 Å². The lowest BCUT2D eigenvalue weighted by Crippen LogP contribution is -2.36. The summed E-state index contributed by atoms with van der Waals surface area (Å²) in [6.45, 7) is 1.24. The van der Waals surface area contributed by atoms with E-state index in [1.807, 2.05) is 4.90 Å². The second-order valence-electron chi connectivity index (χ2n) is 4.79. The van der Waals surface area contributed by atoms with Crippen molar-refractivity contribution < 1.29 is 9.18 Å². The quantitative estimate of drug-likeness (QED) is 0.920. The van der Waals surface area contributed by atoms with Gasteiger partial charge in [0, 0.05) is 17.8 Å². The molecule has 1 aliphatic heterocycles. The molecule has 2 aromatic rings. The van der Waals surface area contributed by atoms with Crippen LogP contribution in [-0.2, 0) is 24.2 Å². The average molecular weight is 291 g/mol. The van der Waals surface area contributed by atoms with Crippen molar-refractivity contribution in [2.24, 2.45) is 0 Å². The van der Waals surface area contributed by atoms with Gasteiger partial charge in [-0.15, -0.1) is 11.3 Å². The maximum absolute atomic E-state index is 12.8. The Morgan fingerprint density at radius 2 is 2.15 bits per heavy atom. The molecule has 0 atom stereocenters. The van der Waals surface area contributed by atoms with E-state index in [1.54, 1.807) is 12.1 Å². The Morgan fingerprint density at radius 1 is 1.40 bits per heavy atom. The zero-order valence-electron chi connectivity index (χ0n) is 10.8. The number of nitrogens with zero attached hydrogens (tertiary/aromatic N) is 2. The highest BCUT2D eigenvalue weighted by atomic mass is 32.1. The number of hydrogen-bond acceptors (Lipinski definition) is 4. The van der Waals surface area contributed by atoms with E-state index in [2.05, 4.69) is 4.98 Å². The van der Waals surface area contributed by atoms with Gasteiger partial charge >= 0.3 is 0 Å². The second-order valence-corrected chi connectivity index (χ2v) is 5.91. The van der Waals surface area contributed by atoms with E-state index < -0.39 is 0 Å². The van der Waals surface area contributed by atoms with Crippen LogP contribution in [-0.4, -0.2) is 22.3 Å². The first kappa shape index (κ1) is 13.1. The number of thiazole rings is 1. The molecule has 0 spiro atoms. The minimum absolute atomic E-state index is 0.0502. The molecule has 20 heavy (non-hydrogen) atoms. The number of benzene rings is 1. The van der Waals surface area contributed by atoms with Gasteiger partial charge in [0.1, 0.15) is 5.82 Å². The van der Waals surface area contributed by atoms with Crippen LogP contribution in [0.4, 0.5) is 9.52 Å². The van der Waals surface area contributed by atoms with Crippen LogP contribution in [0.5, 0.6) is 0 Å². The van der Waals surface area contributed by atoms with Crippen molar-refractivity contribution in [3.8, 4) is 0 Å². The van der Waals surface area contributed by atoms with Crippen LogP contribution < -0.4 is 5.73 Å². The van der Waals surface area contributed by atoms with Crippen molar-refractivity contribution in [1.29, 1.82) is 0 Å². The predicted molar refractivity (Wildman–Crippen MR) is 75.8 cm³/mol. The van der Waals surface area contributed by atoms with Gasteiger partial charge in [0.15, 0.2) is 5.13 Å². The Labute approximate surface area is 120 Å². The fourth-order valence-corrected chi connectivity index (χ4v) is 3.21. The van der Waals surface area contributed by atoms with Crippen LogP contribution in [0.25, 0.3) is 0 Å². The highest BCUT2D eigenvalue weighted by Gasteiger charge is 2.23. The molecule has 104 valence electrons. The van der Waals surface area contributed by atoms with E-state index in [9.17, 15) is 9.18 Å². The van der Waals surface area contributed by atoms with Crippen molar-refractivity contribution in [2.45, 2.75) is 19.4 Å². The standard InChI is InChI=1S/C14H14FN3OS/c15-10-3-1-9(2-4-10)7-13(19)18-6-5-11-12(8-18)20-14(16)17-11/h1-4H,5-8H2,(H2,16,17). The van der Waals surface area contributed by atoms with E-state index in [0.29, 0.717) is 24.6 Å². The minimum Gasteiger partial charge on any atom is -0.375 e. The first-order valence-electron chi connectivity index (χ1n) is 6.38. The minimum atomic E-state index is -0.288. The Hall–Kier alpha value is -1.95. The fraction of sp³-hybridized carbons (Fsp3) is 0.286. The Balaban J connectivity index is 1.68. The number of hydrogen-bond donors (Lipinski definition) is 1. The summed E-state index contributed by atoms with van der Waals surface area (Å²) in [5, 5.41) is 0.558. The largest absolute Gasteiger partial charge is 0.375 e. The predicted octanol–water partition coefficient (Wildman–Crippen LogP) is 1.99. The monoisotopic (exact) mass is 291 g/mol. The van der Waals surface area contributed by atoms with Crippen molar-refractivity contribution >= 4 is 22.4 Å². The van der Waals surface area contributed by atoms with Gasteiger partial charge in [-0.2, -0.15) is 0 Å². The van der Waals surface area contributed by atoms with Gasteiger partial charge in [-0.1, -0.05) is 12.1 Å². The number of anilines is 1. The van der Waals surface area contributed by atoms with Crippen molar-refractivity contribution in [3.63, 3.8) is 0 Å². The molecule has 3 rings (SSSR count). The van der Waals surface area contributed by atoms with Crippen LogP contribution in [0, 0.1) is 5.82 Å². The summed E-state index contributed by atoms with van der Waals surface area (Å²) in [5.74, 6) is -0.238. The maximum atomic E-state index is 12.8. The van der Waals surface area contributed by atoms with Crippen LogP contribution >= 0.6 is 11.3 Å². The lowest BCUT2D eigenvalue weighted by Gasteiger charge is -2.26. The Morgan fingerprint density at radius 3 is 2.90 bits per heavy atom. The Kier molecular flexibility index (Phi) is 3.40.